The van der Waals surface area contributed by atoms with Gasteiger partial charge in [-0.1, -0.05) is 55.5 Å². The summed E-state index contributed by atoms with van der Waals surface area (Å²) >= 11 is 0. The fourth-order valence-corrected chi connectivity index (χ4v) is 3.93. The smallest absolute Gasteiger partial charge is 0.291 e. The first kappa shape index (κ1) is 19.9. The van der Waals surface area contributed by atoms with Crippen molar-refractivity contribution < 1.29 is 4.79 Å². The van der Waals surface area contributed by atoms with Gasteiger partial charge < -0.3 is 9.88 Å². The number of aryl methyl sites for hydroxylation is 2. The van der Waals surface area contributed by atoms with Crippen molar-refractivity contribution in [1.82, 2.24) is 19.7 Å². The van der Waals surface area contributed by atoms with Crippen molar-refractivity contribution in [3.63, 3.8) is 0 Å². The molecule has 4 rings (SSSR count). The molecule has 0 unspecified atom stereocenters. The molecule has 0 spiro atoms. The molecule has 2 aromatic carbocycles. The Hall–Kier alpha value is -3.41. The van der Waals surface area contributed by atoms with Crippen LogP contribution in [0.3, 0.4) is 0 Å². The molecule has 1 N–H and O–H groups in total. The average Bonchev–Trinajstić information content (AvgIpc) is 3.09. The van der Waals surface area contributed by atoms with Gasteiger partial charge in [-0.2, -0.15) is 5.10 Å². The minimum absolute atomic E-state index is 0.0353. The van der Waals surface area contributed by atoms with Crippen LogP contribution < -0.4 is 10.9 Å². The first-order chi connectivity index (χ1) is 14.6. The Kier molecular flexibility index (Phi) is 5.65. The number of aromatic nitrogens is 3. The average molecular weight is 402 g/mol. The van der Waals surface area contributed by atoms with Crippen molar-refractivity contribution in [3.05, 3.63) is 76.7 Å². The van der Waals surface area contributed by atoms with Gasteiger partial charge in [-0.15, -0.1) is 0 Å². The van der Waals surface area contributed by atoms with Gasteiger partial charge in [0.15, 0.2) is 0 Å². The number of hydrogen-bond donors (Lipinski definition) is 1. The van der Waals surface area contributed by atoms with Crippen LogP contribution in [0, 0.1) is 0 Å². The Morgan fingerprint density at radius 2 is 1.80 bits per heavy atom. The number of rotatable bonds is 7. The molecule has 154 valence electrons. The minimum Gasteiger partial charge on any atom is -0.356 e. The van der Waals surface area contributed by atoms with Crippen LogP contribution >= 0.6 is 0 Å². The normalized spacial score (nSPS) is 12.3. The molecule has 6 nitrogen and oxygen atoms in total. The van der Waals surface area contributed by atoms with Gasteiger partial charge in [-0.3, -0.25) is 9.59 Å². The van der Waals surface area contributed by atoms with Gasteiger partial charge in [0.1, 0.15) is 5.52 Å². The fraction of sp³-hybridized carbons (Fsp3) is 0.292. The summed E-state index contributed by atoms with van der Waals surface area (Å²) in [6, 6.07) is 18.1. The molecule has 0 saturated heterocycles. The Morgan fingerprint density at radius 3 is 2.60 bits per heavy atom. The number of benzene rings is 2. The van der Waals surface area contributed by atoms with Crippen molar-refractivity contribution in [2.75, 3.05) is 6.54 Å². The van der Waals surface area contributed by atoms with Gasteiger partial charge in [0.2, 0.25) is 5.91 Å². The molecule has 1 atom stereocenters. The summed E-state index contributed by atoms with van der Waals surface area (Å²) in [4.78, 5) is 25.1. The number of carbonyl (C=O) groups excluding carboxylic acids is 1. The standard InChI is InChI=1S/C24H26N4O2/c1-17(18-9-4-3-5-10-18)15-25-22(29)13-8-14-28-21-12-7-6-11-19(21)20-16-26-27(2)24(30)23(20)28/h3-7,9-12,16-17H,8,13-15H2,1-2H3,(H,25,29)/t17-/m1/s1. The van der Waals surface area contributed by atoms with E-state index < -0.39 is 0 Å². The van der Waals surface area contributed by atoms with E-state index in [0.29, 0.717) is 31.4 Å². The second kappa shape index (κ2) is 8.53. The number of fused-ring (bicyclic) bond motifs is 3. The summed E-state index contributed by atoms with van der Waals surface area (Å²) in [5.41, 5.74) is 2.74. The van der Waals surface area contributed by atoms with Crippen LogP contribution in [0.4, 0.5) is 0 Å². The summed E-state index contributed by atoms with van der Waals surface area (Å²) in [7, 11) is 1.66. The van der Waals surface area contributed by atoms with E-state index in [4.69, 9.17) is 0 Å². The fourth-order valence-electron chi connectivity index (χ4n) is 3.93. The van der Waals surface area contributed by atoms with Crippen molar-refractivity contribution in [2.45, 2.75) is 32.2 Å². The number of nitrogens with one attached hydrogen (secondary N) is 1. The third-order valence-corrected chi connectivity index (χ3v) is 5.63. The SMILES string of the molecule is C[C@H](CNC(=O)CCCn1c2ccccc2c2cnn(C)c(=O)c21)c1ccccc1. The molecular formula is C24H26N4O2. The lowest BCUT2D eigenvalue weighted by Gasteiger charge is -2.13. The Bertz CT molecular complexity index is 1240. The van der Waals surface area contributed by atoms with Gasteiger partial charge in [-0.05, 0) is 24.0 Å². The lowest BCUT2D eigenvalue weighted by atomic mass is 10.0. The van der Waals surface area contributed by atoms with Gasteiger partial charge in [-0.25, -0.2) is 4.68 Å². The third kappa shape index (κ3) is 3.85. The van der Waals surface area contributed by atoms with Crippen molar-refractivity contribution in [1.29, 1.82) is 0 Å². The monoisotopic (exact) mass is 402 g/mol. The summed E-state index contributed by atoms with van der Waals surface area (Å²) in [6.45, 7) is 3.33. The molecule has 30 heavy (non-hydrogen) atoms. The molecule has 1 amide bonds. The maximum absolute atomic E-state index is 12.7. The number of hydrogen-bond acceptors (Lipinski definition) is 3. The Labute approximate surface area is 175 Å². The molecule has 0 radical (unpaired) electrons. The highest BCUT2D eigenvalue weighted by molar-refractivity contribution is 6.07. The molecule has 2 aromatic heterocycles. The number of para-hydroxylation sites is 1. The molecule has 0 aliphatic heterocycles. The molecule has 0 aliphatic rings. The van der Waals surface area contributed by atoms with E-state index in [1.165, 1.54) is 10.2 Å². The molecule has 0 fully saturated rings. The van der Waals surface area contributed by atoms with Crippen LogP contribution in [-0.2, 0) is 18.4 Å². The van der Waals surface area contributed by atoms with Crippen LogP contribution in [0.25, 0.3) is 21.8 Å². The minimum atomic E-state index is -0.121. The third-order valence-electron chi connectivity index (χ3n) is 5.63. The van der Waals surface area contributed by atoms with Crippen LogP contribution in [0.5, 0.6) is 0 Å². The zero-order valence-corrected chi connectivity index (χ0v) is 17.3. The molecule has 0 aliphatic carbocycles. The quantitative estimate of drug-likeness (QED) is 0.514. The molecule has 0 bridgehead atoms. The highest BCUT2D eigenvalue weighted by atomic mass is 16.1. The summed E-state index contributed by atoms with van der Waals surface area (Å²) < 4.78 is 3.38. The van der Waals surface area contributed by atoms with Crippen molar-refractivity contribution >= 4 is 27.7 Å². The highest BCUT2D eigenvalue weighted by Gasteiger charge is 2.15. The van der Waals surface area contributed by atoms with E-state index in [1.54, 1.807) is 13.2 Å². The summed E-state index contributed by atoms with van der Waals surface area (Å²) in [5, 5.41) is 9.07. The number of amides is 1. The highest BCUT2D eigenvalue weighted by Crippen LogP contribution is 2.26. The summed E-state index contributed by atoms with van der Waals surface area (Å²) in [5.74, 6) is 0.302. The van der Waals surface area contributed by atoms with Crippen LogP contribution in [0.1, 0.15) is 31.2 Å². The first-order valence-corrected chi connectivity index (χ1v) is 10.3. The first-order valence-electron chi connectivity index (χ1n) is 10.3. The van der Waals surface area contributed by atoms with Crippen LogP contribution in [-0.4, -0.2) is 26.8 Å². The van der Waals surface area contributed by atoms with Gasteiger partial charge in [0.05, 0.1) is 6.20 Å². The summed E-state index contributed by atoms with van der Waals surface area (Å²) in [6.07, 6.45) is 2.82. The predicted molar refractivity (Wildman–Crippen MR) is 120 cm³/mol. The molecule has 4 aromatic rings. The van der Waals surface area contributed by atoms with E-state index in [1.807, 2.05) is 47.0 Å². The van der Waals surface area contributed by atoms with Crippen molar-refractivity contribution in [3.8, 4) is 0 Å². The second-order valence-electron chi connectivity index (χ2n) is 7.72. The van der Waals surface area contributed by atoms with E-state index >= 15 is 0 Å². The molecule has 2 heterocycles. The zero-order chi connectivity index (χ0) is 21.1. The maximum Gasteiger partial charge on any atom is 0.291 e. The van der Waals surface area contributed by atoms with Gasteiger partial charge >= 0.3 is 0 Å². The van der Waals surface area contributed by atoms with Gasteiger partial charge in [0, 0.05) is 42.8 Å². The largest absolute Gasteiger partial charge is 0.356 e. The second-order valence-corrected chi connectivity index (χ2v) is 7.72. The van der Waals surface area contributed by atoms with E-state index in [9.17, 15) is 9.59 Å². The van der Waals surface area contributed by atoms with Crippen LogP contribution in [0.2, 0.25) is 0 Å². The Balaban J connectivity index is 1.44. The maximum atomic E-state index is 12.7. The lowest BCUT2D eigenvalue weighted by molar-refractivity contribution is -0.121. The molecule has 6 heteroatoms. The van der Waals surface area contributed by atoms with Crippen LogP contribution in [0.15, 0.2) is 65.6 Å². The van der Waals surface area contributed by atoms with E-state index in [-0.39, 0.29) is 17.4 Å². The number of carbonyl (C=O) groups is 1. The van der Waals surface area contributed by atoms with E-state index in [0.717, 1.165) is 16.3 Å². The van der Waals surface area contributed by atoms with Crippen molar-refractivity contribution in [2.24, 2.45) is 7.05 Å². The topological polar surface area (TPSA) is 68.9 Å². The number of nitrogens with zero attached hydrogens (tertiary/aromatic N) is 3. The Morgan fingerprint density at radius 1 is 1.07 bits per heavy atom. The van der Waals surface area contributed by atoms with E-state index in [2.05, 4.69) is 29.5 Å². The lowest BCUT2D eigenvalue weighted by Crippen LogP contribution is -2.27. The predicted octanol–water partition coefficient (Wildman–Crippen LogP) is 3.59. The molecule has 0 saturated carbocycles. The zero-order valence-electron chi connectivity index (χ0n) is 17.3. The molecular weight excluding hydrogens is 376 g/mol. The van der Waals surface area contributed by atoms with Gasteiger partial charge in [0.25, 0.3) is 5.56 Å².